The number of halogens is 2. The minimum atomic E-state index is -0.453. The van der Waals surface area contributed by atoms with Crippen molar-refractivity contribution < 1.29 is 4.39 Å². The third-order valence-corrected chi connectivity index (χ3v) is 6.13. The van der Waals surface area contributed by atoms with E-state index in [0.29, 0.717) is 29.1 Å². The lowest BCUT2D eigenvalue weighted by Crippen LogP contribution is -2.39. The summed E-state index contributed by atoms with van der Waals surface area (Å²) < 4.78 is 16.7. The van der Waals surface area contributed by atoms with Gasteiger partial charge in [-0.25, -0.2) is 23.6 Å². The lowest BCUT2D eigenvalue weighted by atomic mass is 10.1. The summed E-state index contributed by atoms with van der Waals surface area (Å²) in [5, 5.41) is 4.54. The number of aromatic amines is 1. The number of hydrogen-bond acceptors (Lipinski definition) is 6. The van der Waals surface area contributed by atoms with Gasteiger partial charge in [0.05, 0.1) is 11.2 Å². The molecule has 3 aromatic rings. The average Bonchev–Trinajstić information content (AvgIpc) is 3.11. The van der Waals surface area contributed by atoms with Gasteiger partial charge in [0.25, 0.3) is 0 Å². The highest BCUT2D eigenvalue weighted by molar-refractivity contribution is 7.97. The Labute approximate surface area is 172 Å². The Morgan fingerprint density at radius 3 is 3.11 bits per heavy atom. The number of rotatable bonds is 6. The predicted molar refractivity (Wildman–Crippen MR) is 113 cm³/mol. The standard InChI is InChI=1S/C19H22ClFN6S/c1-2-28-27-6-4-3-5-13(27)9-23-19-16(21)11-25-18(26-19)15-10-24-17-14(15)7-12(20)8-22-17/h7-8,10-11,13H,2-6,9H2,1H3,(H,22,24)(H,23,25,26)/t13-/m1/s1. The van der Waals surface area contributed by atoms with Gasteiger partial charge in [-0.2, -0.15) is 0 Å². The highest BCUT2D eigenvalue weighted by atomic mass is 35.5. The molecule has 0 aliphatic carbocycles. The zero-order valence-corrected chi connectivity index (χ0v) is 17.2. The van der Waals surface area contributed by atoms with E-state index in [1.807, 2.05) is 11.9 Å². The molecule has 1 aliphatic rings. The molecule has 6 nitrogen and oxygen atoms in total. The molecule has 28 heavy (non-hydrogen) atoms. The molecule has 0 saturated carbocycles. The molecule has 0 radical (unpaired) electrons. The first-order chi connectivity index (χ1) is 13.7. The fourth-order valence-corrected chi connectivity index (χ4v) is 4.65. The van der Waals surface area contributed by atoms with Crippen LogP contribution in [0.2, 0.25) is 5.02 Å². The van der Waals surface area contributed by atoms with Crippen molar-refractivity contribution in [2.75, 3.05) is 24.2 Å². The average molecular weight is 421 g/mol. The number of anilines is 1. The van der Waals surface area contributed by atoms with Crippen molar-refractivity contribution in [3.63, 3.8) is 0 Å². The predicted octanol–water partition coefficient (Wildman–Crippen LogP) is 4.75. The summed E-state index contributed by atoms with van der Waals surface area (Å²) in [6, 6.07) is 2.17. The third kappa shape index (κ3) is 4.09. The summed E-state index contributed by atoms with van der Waals surface area (Å²) in [6.45, 7) is 3.88. The van der Waals surface area contributed by atoms with Crippen LogP contribution < -0.4 is 5.32 Å². The fourth-order valence-electron chi connectivity index (χ4n) is 3.51. The molecule has 1 saturated heterocycles. The number of piperidine rings is 1. The van der Waals surface area contributed by atoms with Gasteiger partial charge in [0.2, 0.25) is 0 Å². The second kappa shape index (κ2) is 8.63. The summed E-state index contributed by atoms with van der Waals surface area (Å²) in [7, 11) is 0. The Morgan fingerprint density at radius 1 is 1.36 bits per heavy atom. The molecule has 0 unspecified atom stereocenters. The molecule has 1 aliphatic heterocycles. The van der Waals surface area contributed by atoms with E-state index in [9.17, 15) is 4.39 Å². The molecule has 1 fully saturated rings. The Bertz CT molecular complexity index is 963. The van der Waals surface area contributed by atoms with E-state index in [4.69, 9.17) is 11.6 Å². The zero-order chi connectivity index (χ0) is 19.5. The van der Waals surface area contributed by atoms with E-state index in [2.05, 4.69) is 36.5 Å². The van der Waals surface area contributed by atoms with Gasteiger partial charge < -0.3 is 10.3 Å². The lowest BCUT2D eigenvalue weighted by Gasteiger charge is -2.34. The van der Waals surface area contributed by atoms with Crippen LogP contribution in [0.25, 0.3) is 22.4 Å². The van der Waals surface area contributed by atoms with E-state index >= 15 is 0 Å². The molecular formula is C19H22ClFN6S. The maximum atomic E-state index is 14.3. The minimum Gasteiger partial charge on any atom is -0.366 e. The van der Waals surface area contributed by atoms with Crippen molar-refractivity contribution >= 4 is 40.4 Å². The van der Waals surface area contributed by atoms with Crippen LogP contribution in [0.5, 0.6) is 0 Å². The number of fused-ring (bicyclic) bond motifs is 1. The Balaban J connectivity index is 1.56. The second-order valence-corrected chi connectivity index (χ2v) is 8.47. The minimum absolute atomic E-state index is 0.223. The van der Waals surface area contributed by atoms with Crippen molar-refractivity contribution in [2.24, 2.45) is 0 Å². The summed E-state index contributed by atoms with van der Waals surface area (Å²) in [4.78, 5) is 15.9. The lowest BCUT2D eigenvalue weighted by molar-refractivity contribution is 0.284. The van der Waals surface area contributed by atoms with Crippen LogP contribution in [0.4, 0.5) is 10.2 Å². The maximum absolute atomic E-state index is 14.3. The van der Waals surface area contributed by atoms with Crippen molar-refractivity contribution in [3.05, 3.63) is 35.5 Å². The molecule has 0 bridgehead atoms. The first kappa shape index (κ1) is 19.4. The Hall–Kier alpha value is -1.90. The first-order valence-electron chi connectivity index (χ1n) is 9.44. The molecule has 0 amide bonds. The number of aromatic nitrogens is 4. The van der Waals surface area contributed by atoms with Gasteiger partial charge in [-0.1, -0.05) is 36.9 Å². The Morgan fingerprint density at radius 2 is 2.25 bits per heavy atom. The van der Waals surface area contributed by atoms with Gasteiger partial charge in [-0.05, 0) is 18.9 Å². The Kier molecular flexibility index (Phi) is 5.99. The fraction of sp³-hybridized carbons (Fsp3) is 0.421. The highest BCUT2D eigenvalue weighted by Gasteiger charge is 2.23. The number of pyridine rings is 1. The molecule has 4 rings (SSSR count). The van der Waals surface area contributed by atoms with Crippen LogP contribution in [0.1, 0.15) is 26.2 Å². The maximum Gasteiger partial charge on any atom is 0.183 e. The number of H-pyrrole nitrogens is 1. The van der Waals surface area contributed by atoms with Crippen molar-refractivity contribution in [1.82, 2.24) is 24.2 Å². The van der Waals surface area contributed by atoms with Gasteiger partial charge in [-0.3, -0.25) is 0 Å². The summed E-state index contributed by atoms with van der Waals surface area (Å²) in [5.74, 6) is 1.24. The molecular weight excluding hydrogens is 399 g/mol. The van der Waals surface area contributed by atoms with Crippen LogP contribution in [-0.4, -0.2) is 49.1 Å². The third-order valence-electron chi connectivity index (χ3n) is 4.86. The van der Waals surface area contributed by atoms with Crippen LogP contribution in [0, 0.1) is 5.82 Å². The van der Waals surface area contributed by atoms with Crippen molar-refractivity contribution in [2.45, 2.75) is 32.2 Å². The first-order valence-corrected chi connectivity index (χ1v) is 10.8. The number of nitrogens with zero attached hydrogens (tertiary/aromatic N) is 4. The summed E-state index contributed by atoms with van der Waals surface area (Å²) in [5.41, 5.74) is 1.44. The quantitative estimate of drug-likeness (QED) is 0.561. The van der Waals surface area contributed by atoms with Crippen LogP contribution in [0.15, 0.2) is 24.7 Å². The van der Waals surface area contributed by atoms with Gasteiger partial charge >= 0.3 is 0 Å². The van der Waals surface area contributed by atoms with Crippen LogP contribution in [0.3, 0.4) is 0 Å². The van der Waals surface area contributed by atoms with Gasteiger partial charge in [0.1, 0.15) is 5.65 Å². The van der Waals surface area contributed by atoms with Gasteiger partial charge in [-0.15, -0.1) is 0 Å². The van der Waals surface area contributed by atoms with E-state index < -0.39 is 5.82 Å². The van der Waals surface area contributed by atoms with E-state index in [1.165, 1.54) is 19.0 Å². The van der Waals surface area contributed by atoms with E-state index in [-0.39, 0.29) is 5.82 Å². The molecule has 0 aromatic carbocycles. The molecule has 4 heterocycles. The smallest absolute Gasteiger partial charge is 0.183 e. The second-order valence-electron chi connectivity index (χ2n) is 6.73. The number of hydrogen-bond donors (Lipinski definition) is 2. The van der Waals surface area contributed by atoms with E-state index in [1.54, 1.807) is 18.5 Å². The molecule has 2 N–H and O–H groups in total. The highest BCUT2D eigenvalue weighted by Crippen LogP contribution is 2.29. The topological polar surface area (TPSA) is 69.7 Å². The molecule has 3 aromatic heterocycles. The normalized spacial score (nSPS) is 17.9. The zero-order valence-electron chi connectivity index (χ0n) is 15.6. The monoisotopic (exact) mass is 420 g/mol. The molecule has 148 valence electrons. The van der Waals surface area contributed by atoms with Crippen molar-refractivity contribution in [3.8, 4) is 11.4 Å². The SMILES string of the molecule is CCSN1CCCC[C@@H]1CNc1nc(-c2c[nH]c3ncc(Cl)cc23)ncc1F. The van der Waals surface area contributed by atoms with Crippen LogP contribution in [-0.2, 0) is 0 Å². The molecule has 9 heteroatoms. The van der Waals surface area contributed by atoms with Crippen LogP contribution >= 0.6 is 23.5 Å². The summed E-state index contributed by atoms with van der Waals surface area (Å²) in [6.07, 6.45) is 8.08. The van der Waals surface area contributed by atoms with E-state index in [0.717, 1.165) is 29.7 Å². The van der Waals surface area contributed by atoms with Crippen molar-refractivity contribution in [1.29, 1.82) is 0 Å². The number of nitrogens with one attached hydrogen (secondary N) is 2. The molecule has 0 spiro atoms. The summed E-state index contributed by atoms with van der Waals surface area (Å²) >= 11 is 7.92. The van der Waals surface area contributed by atoms with Gasteiger partial charge in [0.15, 0.2) is 17.5 Å². The van der Waals surface area contributed by atoms with Gasteiger partial charge in [0, 0.05) is 48.2 Å². The largest absolute Gasteiger partial charge is 0.366 e. The molecule has 1 atom stereocenters.